The van der Waals surface area contributed by atoms with Gasteiger partial charge in [0, 0.05) is 12.0 Å². The van der Waals surface area contributed by atoms with Gasteiger partial charge in [0.05, 0.1) is 31.0 Å². The quantitative estimate of drug-likeness (QED) is 0.395. The average Bonchev–Trinajstić information content (AvgIpc) is 2.34. The van der Waals surface area contributed by atoms with Gasteiger partial charge in [-0.1, -0.05) is 5.11 Å². The summed E-state index contributed by atoms with van der Waals surface area (Å²) >= 11 is 0. The van der Waals surface area contributed by atoms with Crippen LogP contribution in [0.1, 0.15) is 6.92 Å². The summed E-state index contributed by atoms with van der Waals surface area (Å²) in [4.78, 5) is 2.66. The molecule has 74 valence electrons. The van der Waals surface area contributed by atoms with E-state index in [1.54, 1.807) is 6.92 Å². The summed E-state index contributed by atoms with van der Waals surface area (Å²) in [5.41, 5.74) is 8.27. The minimum absolute atomic E-state index is 0.310. The molecule has 1 rings (SSSR count). The molecule has 0 spiro atoms. The Labute approximate surface area is 76.1 Å². The molecule has 0 aromatic heterocycles. The van der Waals surface area contributed by atoms with Crippen LogP contribution in [0.3, 0.4) is 0 Å². The third-order valence-corrected chi connectivity index (χ3v) is 2.12. The van der Waals surface area contributed by atoms with Gasteiger partial charge in [-0.2, -0.15) is 0 Å². The first-order valence-corrected chi connectivity index (χ1v) is 4.07. The second kappa shape index (κ2) is 4.43. The fourth-order valence-electron chi connectivity index (χ4n) is 1.44. The van der Waals surface area contributed by atoms with E-state index in [1.165, 1.54) is 7.11 Å². The number of aliphatic hydroxyl groups excluding tert-OH is 1. The van der Waals surface area contributed by atoms with E-state index in [1.807, 2.05) is 0 Å². The normalized spacial score (nSPS) is 38.7. The minimum atomic E-state index is -0.740. The Balaban J connectivity index is 2.67. The third kappa shape index (κ3) is 2.10. The third-order valence-electron chi connectivity index (χ3n) is 2.12. The Morgan fingerprint density at radius 1 is 1.69 bits per heavy atom. The molecule has 0 aromatic carbocycles. The molecule has 13 heavy (non-hydrogen) atoms. The van der Waals surface area contributed by atoms with Crippen LogP contribution in [0.2, 0.25) is 0 Å². The maximum Gasteiger partial charge on any atom is 0.0943 e. The van der Waals surface area contributed by atoms with Gasteiger partial charge < -0.3 is 14.6 Å². The van der Waals surface area contributed by atoms with E-state index in [4.69, 9.17) is 15.0 Å². The number of nitrogens with zero attached hydrogens (tertiary/aromatic N) is 3. The van der Waals surface area contributed by atoms with Gasteiger partial charge in [-0.3, -0.25) is 0 Å². The van der Waals surface area contributed by atoms with Crippen LogP contribution in [0, 0.1) is 0 Å². The number of ether oxygens (including phenoxy) is 2. The van der Waals surface area contributed by atoms with E-state index in [-0.39, 0.29) is 12.2 Å². The van der Waals surface area contributed by atoms with Crippen LogP contribution in [0.25, 0.3) is 10.4 Å². The van der Waals surface area contributed by atoms with E-state index < -0.39 is 12.1 Å². The van der Waals surface area contributed by atoms with Crippen LogP contribution in [0.5, 0.6) is 0 Å². The van der Waals surface area contributed by atoms with E-state index in [9.17, 15) is 5.11 Å². The molecule has 0 unspecified atom stereocenters. The highest BCUT2D eigenvalue weighted by Crippen LogP contribution is 2.23. The molecule has 1 aliphatic rings. The minimum Gasteiger partial charge on any atom is -0.390 e. The first-order chi connectivity index (χ1) is 6.20. The summed E-state index contributed by atoms with van der Waals surface area (Å²) in [6.07, 6.45) is -1.39. The monoisotopic (exact) mass is 187 g/mol. The van der Waals surface area contributed by atoms with Crippen molar-refractivity contribution < 1.29 is 14.6 Å². The van der Waals surface area contributed by atoms with Crippen LogP contribution in [0.15, 0.2) is 5.11 Å². The predicted molar refractivity (Wildman–Crippen MR) is 45.2 cm³/mol. The number of methoxy groups -OCH3 is 1. The fraction of sp³-hybridized carbons (Fsp3) is 1.00. The molecule has 1 aliphatic heterocycles. The average molecular weight is 187 g/mol. The second-order valence-electron chi connectivity index (χ2n) is 3.02. The topological polar surface area (TPSA) is 87.5 Å². The van der Waals surface area contributed by atoms with Crippen molar-refractivity contribution in [3.8, 4) is 0 Å². The van der Waals surface area contributed by atoms with Crippen molar-refractivity contribution in [1.82, 2.24) is 0 Å². The summed E-state index contributed by atoms with van der Waals surface area (Å²) in [6, 6.07) is -0.542. The fourth-order valence-corrected chi connectivity index (χ4v) is 1.44. The highest BCUT2D eigenvalue weighted by atomic mass is 16.6. The van der Waals surface area contributed by atoms with Crippen molar-refractivity contribution in [2.75, 3.05) is 13.7 Å². The first-order valence-electron chi connectivity index (χ1n) is 4.07. The van der Waals surface area contributed by atoms with E-state index in [0.717, 1.165) is 0 Å². The molecule has 6 nitrogen and oxygen atoms in total. The molecule has 0 aliphatic carbocycles. The van der Waals surface area contributed by atoms with Crippen molar-refractivity contribution >= 4 is 0 Å². The molecule has 0 amide bonds. The van der Waals surface area contributed by atoms with Gasteiger partial charge in [0.2, 0.25) is 0 Å². The number of hydrogen-bond acceptors (Lipinski definition) is 4. The molecule has 1 heterocycles. The number of hydrogen-bond donors (Lipinski definition) is 1. The summed E-state index contributed by atoms with van der Waals surface area (Å²) in [5.74, 6) is 0. The van der Waals surface area contributed by atoms with Gasteiger partial charge in [0.1, 0.15) is 0 Å². The summed E-state index contributed by atoms with van der Waals surface area (Å²) in [5, 5.41) is 13.0. The Morgan fingerprint density at radius 3 is 2.92 bits per heavy atom. The van der Waals surface area contributed by atoms with Crippen LogP contribution >= 0.6 is 0 Å². The van der Waals surface area contributed by atoms with E-state index in [0.29, 0.717) is 6.61 Å². The van der Waals surface area contributed by atoms with Crippen LogP contribution < -0.4 is 0 Å². The molecule has 1 saturated heterocycles. The zero-order valence-corrected chi connectivity index (χ0v) is 7.62. The first kappa shape index (κ1) is 10.3. The molecule has 0 saturated carbocycles. The lowest BCUT2D eigenvalue weighted by molar-refractivity contribution is -0.0102. The maximum absolute atomic E-state index is 9.54. The number of azide groups is 1. The van der Waals surface area contributed by atoms with Gasteiger partial charge in [-0.15, -0.1) is 0 Å². The van der Waals surface area contributed by atoms with Crippen LogP contribution in [0.4, 0.5) is 0 Å². The van der Waals surface area contributed by atoms with Crippen molar-refractivity contribution in [2.24, 2.45) is 5.11 Å². The van der Waals surface area contributed by atoms with Crippen LogP contribution in [-0.4, -0.2) is 43.2 Å². The summed E-state index contributed by atoms with van der Waals surface area (Å²) < 4.78 is 10.2. The molecule has 4 atom stereocenters. The predicted octanol–water partition coefficient (Wildman–Crippen LogP) is 0.460. The Hall–Kier alpha value is -0.810. The largest absolute Gasteiger partial charge is 0.390 e. The Bertz CT molecular complexity index is 217. The van der Waals surface area contributed by atoms with Crippen LogP contribution in [-0.2, 0) is 9.47 Å². The van der Waals surface area contributed by atoms with Crippen molar-refractivity contribution in [1.29, 1.82) is 0 Å². The van der Waals surface area contributed by atoms with E-state index >= 15 is 0 Å². The van der Waals surface area contributed by atoms with Crippen molar-refractivity contribution in [2.45, 2.75) is 31.3 Å². The van der Waals surface area contributed by atoms with Crippen molar-refractivity contribution in [3.63, 3.8) is 0 Å². The van der Waals surface area contributed by atoms with Gasteiger partial charge in [-0.25, -0.2) is 0 Å². The lowest BCUT2D eigenvalue weighted by Crippen LogP contribution is -2.31. The highest BCUT2D eigenvalue weighted by Gasteiger charge is 2.40. The molecule has 6 heteroatoms. The zero-order chi connectivity index (χ0) is 9.84. The maximum atomic E-state index is 9.54. The Kier molecular flexibility index (Phi) is 3.50. The molecule has 0 aromatic rings. The number of aliphatic hydroxyl groups is 1. The van der Waals surface area contributed by atoms with Gasteiger partial charge in [-0.05, 0) is 12.5 Å². The van der Waals surface area contributed by atoms with Crippen molar-refractivity contribution in [3.05, 3.63) is 10.4 Å². The van der Waals surface area contributed by atoms with Gasteiger partial charge >= 0.3 is 0 Å². The van der Waals surface area contributed by atoms with E-state index in [2.05, 4.69) is 10.0 Å². The number of rotatable bonds is 3. The molecule has 1 fully saturated rings. The highest BCUT2D eigenvalue weighted by molar-refractivity contribution is 4.94. The molecule has 0 bridgehead atoms. The summed E-state index contributed by atoms with van der Waals surface area (Å²) in [6.45, 7) is 2.06. The SMILES string of the molecule is COC[C@H]1O[C@@H](C)[C@H](O)[C@@H]1N=[N+]=[N-]. The van der Waals surface area contributed by atoms with Gasteiger partial charge in [0.15, 0.2) is 0 Å². The second-order valence-corrected chi connectivity index (χ2v) is 3.02. The lowest BCUT2D eigenvalue weighted by Gasteiger charge is -2.13. The smallest absolute Gasteiger partial charge is 0.0943 e. The molecular formula is C7H13N3O3. The standard InChI is InChI=1S/C7H13N3O3/c1-4-7(11)6(9-10-8)5(13-4)3-12-2/h4-7,11H,3H2,1-2H3/t4-,5+,6+,7-/m0/s1. The molecule has 0 radical (unpaired) electrons. The molecule has 1 N–H and O–H groups in total. The van der Waals surface area contributed by atoms with Gasteiger partial charge in [0.25, 0.3) is 0 Å². The summed E-state index contributed by atoms with van der Waals surface area (Å²) in [7, 11) is 1.53. The zero-order valence-electron chi connectivity index (χ0n) is 7.62. The molecular weight excluding hydrogens is 174 g/mol. The lowest BCUT2D eigenvalue weighted by atomic mass is 10.1. The Morgan fingerprint density at radius 2 is 2.38 bits per heavy atom.